The van der Waals surface area contributed by atoms with E-state index in [-0.39, 0.29) is 5.91 Å². The summed E-state index contributed by atoms with van der Waals surface area (Å²) < 4.78 is 0. The Balaban J connectivity index is 1.99. The summed E-state index contributed by atoms with van der Waals surface area (Å²) in [5.41, 5.74) is 2.74. The Morgan fingerprint density at radius 2 is 1.81 bits per heavy atom. The van der Waals surface area contributed by atoms with Crippen molar-refractivity contribution in [1.82, 2.24) is 4.90 Å². The molecule has 0 aliphatic carbocycles. The lowest BCUT2D eigenvalue weighted by molar-refractivity contribution is -0.133. The first-order chi connectivity index (χ1) is 7.58. The predicted octanol–water partition coefficient (Wildman–Crippen LogP) is 2.76. The SMILES string of the molecule is CC(=O)N1CC(c2ccc(C(C)C)cc2)C1. The van der Waals surface area contributed by atoms with E-state index < -0.39 is 0 Å². The highest BCUT2D eigenvalue weighted by Crippen LogP contribution is 2.28. The Morgan fingerprint density at radius 1 is 1.25 bits per heavy atom. The largest absolute Gasteiger partial charge is 0.342 e. The molecule has 1 aliphatic heterocycles. The van der Waals surface area contributed by atoms with Gasteiger partial charge in [0.1, 0.15) is 0 Å². The predicted molar refractivity (Wildman–Crippen MR) is 65.5 cm³/mol. The van der Waals surface area contributed by atoms with E-state index in [1.807, 2.05) is 4.90 Å². The van der Waals surface area contributed by atoms with E-state index in [0.29, 0.717) is 11.8 Å². The molecule has 0 bridgehead atoms. The fourth-order valence-corrected chi connectivity index (χ4v) is 2.10. The number of carbonyl (C=O) groups excluding carboxylic acids is 1. The maximum absolute atomic E-state index is 11.1. The third-order valence-electron chi connectivity index (χ3n) is 3.40. The van der Waals surface area contributed by atoms with Crippen molar-refractivity contribution in [2.75, 3.05) is 13.1 Å². The van der Waals surface area contributed by atoms with Gasteiger partial charge in [0.25, 0.3) is 0 Å². The number of hydrogen-bond acceptors (Lipinski definition) is 1. The van der Waals surface area contributed by atoms with E-state index >= 15 is 0 Å². The summed E-state index contributed by atoms with van der Waals surface area (Å²) in [7, 11) is 0. The number of nitrogens with zero attached hydrogens (tertiary/aromatic N) is 1. The first-order valence-corrected chi connectivity index (χ1v) is 5.93. The molecule has 1 fully saturated rings. The van der Waals surface area contributed by atoms with Crippen molar-refractivity contribution >= 4 is 5.91 Å². The van der Waals surface area contributed by atoms with Crippen molar-refractivity contribution in [2.45, 2.75) is 32.6 Å². The van der Waals surface area contributed by atoms with Crippen LogP contribution in [0.2, 0.25) is 0 Å². The van der Waals surface area contributed by atoms with Crippen LogP contribution in [0.3, 0.4) is 0 Å². The van der Waals surface area contributed by atoms with Gasteiger partial charge in [0.2, 0.25) is 5.91 Å². The second-order valence-electron chi connectivity index (χ2n) is 4.94. The third-order valence-corrected chi connectivity index (χ3v) is 3.40. The van der Waals surface area contributed by atoms with Gasteiger partial charge >= 0.3 is 0 Å². The molecular weight excluding hydrogens is 198 g/mol. The van der Waals surface area contributed by atoms with Crippen molar-refractivity contribution in [3.63, 3.8) is 0 Å². The van der Waals surface area contributed by atoms with E-state index in [2.05, 4.69) is 38.1 Å². The quantitative estimate of drug-likeness (QED) is 0.746. The van der Waals surface area contributed by atoms with Crippen LogP contribution < -0.4 is 0 Å². The molecule has 1 aromatic carbocycles. The first kappa shape index (κ1) is 11.2. The Bertz CT molecular complexity index is 374. The fourth-order valence-electron chi connectivity index (χ4n) is 2.10. The van der Waals surface area contributed by atoms with Gasteiger partial charge < -0.3 is 4.90 Å². The van der Waals surface area contributed by atoms with Crippen LogP contribution in [0, 0.1) is 0 Å². The molecule has 1 aliphatic rings. The molecule has 0 N–H and O–H groups in total. The van der Waals surface area contributed by atoms with E-state index in [4.69, 9.17) is 0 Å². The van der Waals surface area contributed by atoms with Gasteiger partial charge in [0, 0.05) is 25.9 Å². The van der Waals surface area contributed by atoms with Crippen LogP contribution >= 0.6 is 0 Å². The highest BCUT2D eigenvalue weighted by atomic mass is 16.2. The average Bonchev–Trinajstić information content (AvgIpc) is 2.15. The van der Waals surface area contributed by atoms with Crippen molar-refractivity contribution in [2.24, 2.45) is 0 Å². The van der Waals surface area contributed by atoms with E-state index in [1.54, 1.807) is 6.92 Å². The van der Waals surface area contributed by atoms with Crippen LogP contribution in [0.1, 0.15) is 43.7 Å². The maximum atomic E-state index is 11.1. The monoisotopic (exact) mass is 217 g/mol. The average molecular weight is 217 g/mol. The molecule has 86 valence electrons. The van der Waals surface area contributed by atoms with E-state index in [1.165, 1.54) is 11.1 Å². The maximum Gasteiger partial charge on any atom is 0.219 e. The van der Waals surface area contributed by atoms with Gasteiger partial charge in [-0.15, -0.1) is 0 Å². The number of benzene rings is 1. The summed E-state index contributed by atoms with van der Waals surface area (Å²) in [5, 5.41) is 0. The Hall–Kier alpha value is -1.31. The topological polar surface area (TPSA) is 20.3 Å². The Kier molecular flexibility index (Phi) is 2.99. The third kappa shape index (κ3) is 2.11. The normalized spacial score (nSPS) is 16.4. The summed E-state index contributed by atoms with van der Waals surface area (Å²) in [4.78, 5) is 13.0. The molecule has 1 amide bonds. The van der Waals surface area contributed by atoms with Crippen LogP contribution in [0.15, 0.2) is 24.3 Å². The molecule has 2 heteroatoms. The molecule has 0 atom stereocenters. The number of rotatable bonds is 2. The lowest BCUT2D eigenvalue weighted by Gasteiger charge is -2.39. The van der Waals surface area contributed by atoms with Gasteiger partial charge in [-0.25, -0.2) is 0 Å². The summed E-state index contributed by atoms with van der Waals surface area (Å²) in [6.07, 6.45) is 0. The summed E-state index contributed by atoms with van der Waals surface area (Å²) in [5.74, 6) is 1.32. The number of hydrogen-bond donors (Lipinski definition) is 0. The molecule has 1 heterocycles. The van der Waals surface area contributed by atoms with Crippen LogP contribution in [-0.4, -0.2) is 23.9 Å². The second-order valence-corrected chi connectivity index (χ2v) is 4.94. The molecule has 16 heavy (non-hydrogen) atoms. The van der Waals surface area contributed by atoms with Gasteiger partial charge in [0.15, 0.2) is 0 Å². The Labute approximate surface area is 97.3 Å². The van der Waals surface area contributed by atoms with E-state index in [9.17, 15) is 4.79 Å². The minimum absolute atomic E-state index is 0.190. The van der Waals surface area contributed by atoms with Crippen molar-refractivity contribution in [3.05, 3.63) is 35.4 Å². The summed E-state index contributed by atoms with van der Waals surface area (Å²) in [6.45, 7) is 7.82. The first-order valence-electron chi connectivity index (χ1n) is 5.93. The molecular formula is C14H19NO. The number of carbonyl (C=O) groups is 1. The molecule has 2 rings (SSSR count). The molecule has 0 spiro atoms. The zero-order chi connectivity index (χ0) is 11.7. The van der Waals surface area contributed by atoms with Crippen molar-refractivity contribution in [3.8, 4) is 0 Å². The van der Waals surface area contributed by atoms with Crippen LogP contribution in [0.5, 0.6) is 0 Å². The zero-order valence-electron chi connectivity index (χ0n) is 10.2. The Morgan fingerprint density at radius 3 is 2.25 bits per heavy atom. The molecule has 0 radical (unpaired) electrons. The standard InChI is InChI=1S/C14H19NO/c1-10(2)12-4-6-13(7-5-12)14-8-15(9-14)11(3)16/h4-7,10,14H,8-9H2,1-3H3. The van der Waals surface area contributed by atoms with Gasteiger partial charge in [0.05, 0.1) is 0 Å². The fraction of sp³-hybridized carbons (Fsp3) is 0.500. The zero-order valence-corrected chi connectivity index (χ0v) is 10.2. The lowest BCUT2D eigenvalue weighted by atomic mass is 9.90. The van der Waals surface area contributed by atoms with Gasteiger partial charge in [-0.3, -0.25) is 4.79 Å². The van der Waals surface area contributed by atoms with Crippen molar-refractivity contribution in [1.29, 1.82) is 0 Å². The molecule has 0 aromatic heterocycles. The van der Waals surface area contributed by atoms with Crippen LogP contribution in [0.25, 0.3) is 0 Å². The molecule has 1 aromatic rings. The van der Waals surface area contributed by atoms with Crippen LogP contribution in [-0.2, 0) is 4.79 Å². The minimum Gasteiger partial charge on any atom is -0.342 e. The van der Waals surface area contributed by atoms with Gasteiger partial charge in [-0.05, 0) is 17.0 Å². The lowest BCUT2D eigenvalue weighted by Crippen LogP contribution is -2.47. The summed E-state index contributed by atoms with van der Waals surface area (Å²) >= 11 is 0. The van der Waals surface area contributed by atoms with Crippen LogP contribution in [0.4, 0.5) is 0 Å². The smallest absolute Gasteiger partial charge is 0.219 e. The highest BCUT2D eigenvalue weighted by molar-refractivity contribution is 5.74. The van der Waals surface area contributed by atoms with Gasteiger partial charge in [-0.2, -0.15) is 0 Å². The van der Waals surface area contributed by atoms with E-state index in [0.717, 1.165) is 13.1 Å². The summed E-state index contributed by atoms with van der Waals surface area (Å²) in [6, 6.07) is 8.82. The van der Waals surface area contributed by atoms with Crippen molar-refractivity contribution < 1.29 is 4.79 Å². The molecule has 2 nitrogen and oxygen atoms in total. The minimum atomic E-state index is 0.190. The van der Waals surface area contributed by atoms with Gasteiger partial charge in [-0.1, -0.05) is 38.1 Å². The number of likely N-dealkylation sites (tertiary alicyclic amines) is 1. The second kappa shape index (κ2) is 4.28. The number of amides is 1. The molecule has 0 unspecified atom stereocenters. The molecule has 0 saturated carbocycles. The highest BCUT2D eigenvalue weighted by Gasteiger charge is 2.29. The molecule has 1 saturated heterocycles.